The van der Waals surface area contributed by atoms with Crippen molar-refractivity contribution in [1.82, 2.24) is 0 Å². The van der Waals surface area contributed by atoms with E-state index in [0.29, 0.717) is 10.2 Å². The first-order valence-electron chi connectivity index (χ1n) is 5.44. The maximum absolute atomic E-state index is 13.6. The fourth-order valence-electron chi connectivity index (χ4n) is 1.49. The van der Waals surface area contributed by atoms with Crippen molar-refractivity contribution in [2.75, 3.05) is 12.4 Å². The van der Waals surface area contributed by atoms with Crippen molar-refractivity contribution in [2.45, 2.75) is 6.61 Å². The zero-order valence-electron chi connectivity index (χ0n) is 10.1. The number of hydrogen-bond donors (Lipinski definition) is 1. The molecule has 100 valence electrons. The van der Waals surface area contributed by atoms with E-state index in [0.717, 1.165) is 0 Å². The molecule has 1 aromatic heterocycles. The number of carbonyl (C=O) groups excluding carboxylic acids is 1. The number of benzene rings is 1. The van der Waals surface area contributed by atoms with Crippen molar-refractivity contribution < 1.29 is 18.3 Å². The van der Waals surface area contributed by atoms with Crippen LogP contribution in [-0.4, -0.2) is 13.0 Å². The summed E-state index contributed by atoms with van der Waals surface area (Å²) in [6.07, 6.45) is 0. The third-order valence-electron chi connectivity index (χ3n) is 2.35. The molecule has 19 heavy (non-hydrogen) atoms. The molecule has 4 nitrogen and oxygen atoms in total. The van der Waals surface area contributed by atoms with Gasteiger partial charge in [-0.1, -0.05) is 15.9 Å². The van der Waals surface area contributed by atoms with Gasteiger partial charge in [0.25, 0.3) is 5.91 Å². The Labute approximate surface area is 117 Å². The Bertz CT molecular complexity index is 597. The molecule has 0 aliphatic rings. The lowest BCUT2D eigenvalue weighted by Crippen LogP contribution is -2.12. The lowest BCUT2D eigenvalue weighted by atomic mass is 10.3. The number of methoxy groups -OCH3 is 1. The number of nitrogens with one attached hydrogen (secondary N) is 1. The first-order valence-corrected chi connectivity index (χ1v) is 6.23. The predicted molar refractivity (Wildman–Crippen MR) is 71.5 cm³/mol. The smallest absolute Gasteiger partial charge is 0.291 e. The Kier molecular flexibility index (Phi) is 4.34. The molecule has 1 amide bonds. The van der Waals surface area contributed by atoms with E-state index in [1.165, 1.54) is 25.3 Å². The van der Waals surface area contributed by atoms with Crippen LogP contribution in [-0.2, 0) is 11.3 Å². The molecular weight excluding hydrogens is 317 g/mol. The molecule has 0 saturated heterocycles. The number of halogens is 2. The van der Waals surface area contributed by atoms with Gasteiger partial charge < -0.3 is 14.5 Å². The summed E-state index contributed by atoms with van der Waals surface area (Å²) in [4.78, 5) is 11.8. The molecule has 1 heterocycles. The second-order valence-corrected chi connectivity index (χ2v) is 4.69. The minimum Gasteiger partial charge on any atom is -0.453 e. The van der Waals surface area contributed by atoms with E-state index >= 15 is 0 Å². The van der Waals surface area contributed by atoms with E-state index in [2.05, 4.69) is 21.2 Å². The average Bonchev–Trinajstić information content (AvgIpc) is 2.82. The van der Waals surface area contributed by atoms with Crippen molar-refractivity contribution >= 4 is 27.5 Å². The van der Waals surface area contributed by atoms with Gasteiger partial charge in [0, 0.05) is 11.6 Å². The van der Waals surface area contributed by atoms with Crippen LogP contribution in [0, 0.1) is 5.82 Å². The summed E-state index contributed by atoms with van der Waals surface area (Å²) in [6.45, 7) is 0.278. The molecule has 1 aromatic carbocycles. The summed E-state index contributed by atoms with van der Waals surface area (Å²) < 4.78 is 24.3. The largest absolute Gasteiger partial charge is 0.453 e. The van der Waals surface area contributed by atoms with Crippen molar-refractivity contribution in [3.05, 3.63) is 52.1 Å². The Hall–Kier alpha value is -1.66. The van der Waals surface area contributed by atoms with E-state index in [9.17, 15) is 9.18 Å². The second kappa shape index (κ2) is 5.99. The summed E-state index contributed by atoms with van der Waals surface area (Å²) in [6, 6.07) is 7.53. The van der Waals surface area contributed by atoms with Gasteiger partial charge >= 0.3 is 0 Å². The molecule has 0 spiro atoms. The molecule has 0 aliphatic heterocycles. The molecule has 0 radical (unpaired) electrons. The molecule has 1 N–H and O–H groups in total. The minimum atomic E-state index is -0.522. The highest BCUT2D eigenvalue weighted by Gasteiger charge is 2.13. The van der Waals surface area contributed by atoms with Crippen LogP contribution in [0.2, 0.25) is 0 Å². The number of carbonyl (C=O) groups is 1. The van der Waals surface area contributed by atoms with Crippen LogP contribution in [0.3, 0.4) is 0 Å². The van der Waals surface area contributed by atoms with Crippen LogP contribution in [0.5, 0.6) is 0 Å². The molecule has 0 bridgehead atoms. The normalized spacial score (nSPS) is 10.5. The molecule has 0 fully saturated rings. The van der Waals surface area contributed by atoms with E-state index in [1.54, 1.807) is 12.1 Å². The van der Waals surface area contributed by atoms with Gasteiger partial charge in [-0.3, -0.25) is 4.79 Å². The Morgan fingerprint density at radius 1 is 1.42 bits per heavy atom. The highest BCUT2D eigenvalue weighted by atomic mass is 79.9. The van der Waals surface area contributed by atoms with Gasteiger partial charge in [-0.05, 0) is 30.3 Å². The van der Waals surface area contributed by atoms with E-state index in [1.807, 2.05) is 0 Å². The summed E-state index contributed by atoms with van der Waals surface area (Å²) in [5.74, 6) is -0.395. The summed E-state index contributed by atoms with van der Waals surface area (Å²) in [5, 5.41) is 2.44. The van der Waals surface area contributed by atoms with E-state index in [-0.39, 0.29) is 18.1 Å². The number of anilines is 1. The SMILES string of the molecule is COCc1ccc(C(=O)Nc2ccc(Br)cc2F)o1. The molecule has 2 rings (SSSR count). The van der Waals surface area contributed by atoms with Gasteiger partial charge in [0.1, 0.15) is 18.2 Å². The average molecular weight is 328 g/mol. The highest BCUT2D eigenvalue weighted by Crippen LogP contribution is 2.20. The third kappa shape index (κ3) is 3.42. The molecule has 0 saturated carbocycles. The van der Waals surface area contributed by atoms with Crippen LogP contribution in [0.15, 0.2) is 39.2 Å². The number of amides is 1. The molecule has 6 heteroatoms. The van der Waals surface area contributed by atoms with Gasteiger partial charge in [-0.15, -0.1) is 0 Å². The Balaban J connectivity index is 2.11. The molecule has 0 aliphatic carbocycles. The predicted octanol–water partition coefficient (Wildman–Crippen LogP) is 3.58. The Morgan fingerprint density at radius 2 is 2.21 bits per heavy atom. The fourth-order valence-corrected chi connectivity index (χ4v) is 1.83. The van der Waals surface area contributed by atoms with Crippen LogP contribution in [0.25, 0.3) is 0 Å². The topological polar surface area (TPSA) is 51.5 Å². The molecule has 2 aromatic rings. The monoisotopic (exact) mass is 327 g/mol. The lowest BCUT2D eigenvalue weighted by Gasteiger charge is -2.04. The van der Waals surface area contributed by atoms with Crippen molar-refractivity contribution in [3.63, 3.8) is 0 Å². The zero-order valence-corrected chi connectivity index (χ0v) is 11.7. The van der Waals surface area contributed by atoms with Crippen molar-refractivity contribution in [2.24, 2.45) is 0 Å². The third-order valence-corrected chi connectivity index (χ3v) is 2.84. The summed E-state index contributed by atoms with van der Waals surface area (Å²) in [5.41, 5.74) is 0.0953. The van der Waals surface area contributed by atoms with Crippen molar-refractivity contribution in [1.29, 1.82) is 0 Å². The quantitative estimate of drug-likeness (QED) is 0.933. The number of rotatable bonds is 4. The molecule has 0 atom stereocenters. The van der Waals surface area contributed by atoms with Crippen LogP contribution < -0.4 is 5.32 Å². The van der Waals surface area contributed by atoms with Crippen LogP contribution >= 0.6 is 15.9 Å². The van der Waals surface area contributed by atoms with E-state index < -0.39 is 11.7 Å². The van der Waals surface area contributed by atoms with Gasteiger partial charge in [0.05, 0.1) is 5.69 Å². The summed E-state index contributed by atoms with van der Waals surface area (Å²) in [7, 11) is 1.53. The number of hydrogen-bond acceptors (Lipinski definition) is 3. The first-order chi connectivity index (χ1) is 9.10. The van der Waals surface area contributed by atoms with Gasteiger partial charge in [-0.2, -0.15) is 0 Å². The maximum Gasteiger partial charge on any atom is 0.291 e. The number of furan rings is 1. The lowest BCUT2D eigenvalue weighted by molar-refractivity contribution is 0.0987. The second-order valence-electron chi connectivity index (χ2n) is 3.78. The zero-order chi connectivity index (χ0) is 13.8. The van der Waals surface area contributed by atoms with Gasteiger partial charge in [-0.25, -0.2) is 4.39 Å². The minimum absolute atomic E-state index is 0.0953. The van der Waals surface area contributed by atoms with Gasteiger partial charge in [0.15, 0.2) is 5.76 Å². The van der Waals surface area contributed by atoms with E-state index in [4.69, 9.17) is 9.15 Å². The molecular formula is C13H11BrFNO3. The molecule has 0 unspecified atom stereocenters. The standard InChI is InChI=1S/C13H11BrFNO3/c1-18-7-9-3-5-12(19-9)13(17)16-11-4-2-8(14)6-10(11)15/h2-6H,7H2,1H3,(H,16,17). The maximum atomic E-state index is 13.6. The fraction of sp³-hybridized carbons (Fsp3) is 0.154. The first kappa shape index (κ1) is 13.8. The summed E-state index contributed by atoms with van der Waals surface area (Å²) >= 11 is 3.14. The Morgan fingerprint density at radius 3 is 2.89 bits per heavy atom. The van der Waals surface area contributed by atoms with Gasteiger partial charge in [0.2, 0.25) is 0 Å². The number of ether oxygens (including phenoxy) is 1. The van der Waals surface area contributed by atoms with Crippen LogP contribution in [0.4, 0.5) is 10.1 Å². The van der Waals surface area contributed by atoms with Crippen LogP contribution in [0.1, 0.15) is 16.3 Å². The van der Waals surface area contributed by atoms with Crippen molar-refractivity contribution in [3.8, 4) is 0 Å². The highest BCUT2D eigenvalue weighted by molar-refractivity contribution is 9.10.